The molecule has 27 heavy (non-hydrogen) atoms. The van der Waals surface area contributed by atoms with E-state index in [1.54, 1.807) is 11.3 Å². The van der Waals surface area contributed by atoms with Gasteiger partial charge in [0.2, 0.25) is 0 Å². The fourth-order valence-corrected chi connectivity index (χ4v) is 3.43. The topological polar surface area (TPSA) is 66.6 Å². The Bertz CT molecular complexity index is 885. The van der Waals surface area contributed by atoms with Crippen molar-refractivity contribution >= 4 is 46.9 Å². The maximum Gasteiger partial charge on any atom is 0.191 e. The van der Waals surface area contributed by atoms with Crippen molar-refractivity contribution in [1.82, 2.24) is 25.0 Å². The summed E-state index contributed by atoms with van der Waals surface area (Å²) in [6, 6.07) is 4.13. The van der Waals surface area contributed by atoms with Crippen molar-refractivity contribution in [2.45, 2.75) is 33.6 Å². The Morgan fingerprint density at radius 2 is 2.04 bits per heavy atom. The fourth-order valence-electron chi connectivity index (χ4n) is 2.78. The number of thiazole rings is 1. The SMILES string of the molecule is CCNC(=NCCc1cn2cccc(C)c2n1)NCCc1csc(C)n1.I. The minimum atomic E-state index is 0. The van der Waals surface area contributed by atoms with Gasteiger partial charge in [-0.25, -0.2) is 9.97 Å². The zero-order chi connectivity index (χ0) is 18.4. The number of aromatic nitrogens is 3. The molecule has 3 aromatic heterocycles. The molecule has 3 heterocycles. The van der Waals surface area contributed by atoms with Crippen molar-refractivity contribution in [2.24, 2.45) is 4.99 Å². The Kier molecular flexibility index (Phi) is 8.49. The number of nitrogens with zero attached hydrogens (tertiary/aromatic N) is 4. The Balaban J connectivity index is 0.00000261. The van der Waals surface area contributed by atoms with E-state index in [4.69, 9.17) is 4.98 Å². The molecule has 0 aliphatic heterocycles. The van der Waals surface area contributed by atoms with Crippen LogP contribution in [0.15, 0.2) is 34.9 Å². The van der Waals surface area contributed by atoms with E-state index in [1.807, 2.05) is 19.2 Å². The number of fused-ring (bicyclic) bond motifs is 1. The van der Waals surface area contributed by atoms with Crippen molar-refractivity contribution in [1.29, 1.82) is 0 Å². The summed E-state index contributed by atoms with van der Waals surface area (Å²) in [4.78, 5) is 13.9. The number of hydrogen-bond acceptors (Lipinski definition) is 4. The van der Waals surface area contributed by atoms with E-state index in [0.717, 1.165) is 53.9 Å². The van der Waals surface area contributed by atoms with E-state index in [9.17, 15) is 0 Å². The van der Waals surface area contributed by atoms with Gasteiger partial charge in [-0.15, -0.1) is 35.3 Å². The molecular formula is C19H27IN6S. The quantitative estimate of drug-likeness (QED) is 0.298. The first-order chi connectivity index (χ1) is 12.7. The lowest BCUT2D eigenvalue weighted by molar-refractivity contribution is 0.786. The molecule has 0 amide bonds. The van der Waals surface area contributed by atoms with Crippen LogP contribution < -0.4 is 10.6 Å². The van der Waals surface area contributed by atoms with Crippen LogP contribution in [0.2, 0.25) is 0 Å². The molecule has 0 atom stereocenters. The van der Waals surface area contributed by atoms with Crippen LogP contribution in [0, 0.1) is 13.8 Å². The van der Waals surface area contributed by atoms with E-state index >= 15 is 0 Å². The molecular weight excluding hydrogens is 471 g/mol. The standard InChI is InChI=1S/C19H26N6S.HI/c1-4-20-19(22-10-8-17-13-26-15(3)23-17)21-9-7-16-12-25-11-5-6-14(2)18(25)24-16;/h5-6,11-13H,4,7-10H2,1-3H3,(H2,20,21,22);1H. The zero-order valence-corrected chi connectivity index (χ0v) is 19.2. The lowest BCUT2D eigenvalue weighted by Crippen LogP contribution is -2.38. The molecule has 0 fully saturated rings. The van der Waals surface area contributed by atoms with Gasteiger partial charge in [0.25, 0.3) is 0 Å². The van der Waals surface area contributed by atoms with Crippen molar-refractivity contribution in [3.63, 3.8) is 0 Å². The van der Waals surface area contributed by atoms with Crippen molar-refractivity contribution in [3.05, 3.63) is 51.9 Å². The minimum absolute atomic E-state index is 0. The van der Waals surface area contributed by atoms with Crippen LogP contribution in [0.5, 0.6) is 0 Å². The summed E-state index contributed by atoms with van der Waals surface area (Å²) < 4.78 is 2.08. The number of aryl methyl sites for hydroxylation is 2. The van der Waals surface area contributed by atoms with Crippen molar-refractivity contribution in [3.8, 4) is 0 Å². The molecule has 0 saturated heterocycles. The third-order valence-corrected chi connectivity index (χ3v) is 4.87. The number of imidazole rings is 1. The number of rotatable bonds is 7. The third-order valence-electron chi connectivity index (χ3n) is 4.05. The Morgan fingerprint density at radius 1 is 1.19 bits per heavy atom. The third kappa shape index (κ3) is 6.17. The molecule has 8 heteroatoms. The van der Waals surface area contributed by atoms with Gasteiger partial charge < -0.3 is 15.0 Å². The highest BCUT2D eigenvalue weighted by molar-refractivity contribution is 14.0. The predicted octanol–water partition coefficient (Wildman–Crippen LogP) is 3.37. The van der Waals surface area contributed by atoms with Gasteiger partial charge in [-0.3, -0.25) is 4.99 Å². The van der Waals surface area contributed by atoms with E-state index in [0.29, 0.717) is 6.54 Å². The van der Waals surface area contributed by atoms with E-state index in [-0.39, 0.29) is 24.0 Å². The van der Waals surface area contributed by atoms with Gasteiger partial charge in [-0.05, 0) is 32.4 Å². The van der Waals surface area contributed by atoms with Crippen LogP contribution in [0.4, 0.5) is 0 Å². The summed E-state index contributed by atoms with van der Waals surface area (Å²) in [7, 11) is 0. The number of pyridine rings is 1. The largest absolute Gasteiger partial charge is 0.357 e. The zero-order valence-electron chi connectivity index (χ0n) is 16.0. The average Bonchev–Trinajstić information content (AvgIpc) is 3.22. The summed E-state index contributed by atoms with van der Waals surface area (Å²) in [5.41, 5.74) is 4.41. The van der Waals surface area contributed by atoms with Gasteiger partial charge in [-0.2, -0.15) is 0 Å². The molecule has 3 rings (SSSR count). The molecule has 3 aromatic rings. The second-order valence-electron chi connectivity index (χ2n) is 6.20. The van der Waals surface area contributed by atoms with E-state index in [2.05, 4.69) is 56.5 Å². The van der Waals surface area contributed by atoms with Gasteiger partial charge >= 0.3 is 0 Å². The molecule has 2 N–H and O–H groups in total. The molecule has 0 aliphatic rings. The number of nitrogens with one attached hydrogen (secondary N) is 2. The minimum Gasteiger partial charge on any atom is -0.357 e. The molecule has 0 aliphatic carbocycles. The average molecular weight is 498 g/mol. The molecule has 0 radical (unpaired) electrons. The molecule has 0 bridgehead atoms. The lowest BCUT2D eigenvalue weighted by Gasteiger charge is -2.10. The summed E-state index contributed by atoms with van der Waals surface area (Å²) >= 11 is 1.69. The van der Waals surface area contributed by atoms with Crippen LogP contribution in [-0.4, -0.2) is 40.0 Å². The van der Waals surface area contributed by atoms with Crippen molar-refractivity contribution < 1.29 is 0 Å². The number of hydrogen-bond donors (Lipinski definition) is 2. The second kappa shape index (κ2) is 10.6. The predicted molar refractivity (Wildman–Crippen MR) is 124 cm³/mol. The highest BCUT2D eigenvalue weighted by atomic mass is 127. The van der Waals surface area contributed by atoms with E-state index < -0.39 is 0 Å². The van der Waals surface area contributed by atoms with Gasteiger partial charge in [0, 0.05) is 50.2 Å². The van der Waals surface area contributed by atoms with Gasteiger partial charge in [-0.1, -0.05) is 6.07 Å². The van der Waals surface area contributed by atoms with Crippen LogP contribution in [0.25, 0.3) is 5.65 Å². The molecule has 0 saturated carbocycles. The highest BCUT2D eigenvalue weighted by Gasteiger charge is 2.04. The van der Waals surface area contributed by atoms with Crippen LogP contribution in [0.1, 0.15) is 28.9 Å². The van der Waals surface area contributed by atoms with Crippen LogP contribution in [-0.2, 0) is 12.8 Å². The fraction of sp³-hybridized carbons (Fsp3) is 0.421. The van der Waals surface area contributed by atoms with Gasteiger partial charge in [0.15, 0.2) is 5.96 Å². The highest BCUT2D eigenvalue weighted by Crippen LogP contribution is 2.10. The first-order valence-corrected chi connectivity index (χ1v) is 9.90. The first-order valence-electron chi connectivity index (χ1n) is 9.02. The summed E-state index contributed by atoms with van der Waals surface area (Å²) in [5, 5.41) is 9.90. The normalized spacial score (nSPS) is 11.4. The molecule has 6 nitrogen and oxygen atoms in total. The molecule has 0 aromatic carbocycles. The maximum absolute atomic E-state index is 4.71. The summed E-state index contributed by atoms with van der Waals surface area (Å²) in [6.07, 6.45) is 5.85. The maximum atomic E-state index is 4.71. The number of guanidine groups is 1. The Morgan fingerprint density at radius 3 is 2.74 bits per heavy atom. The Hall–Kier alpha value is -1.68. The number of halogens is 1. The van der Waals surface area contributed by atoms with Crippen molar-refractivity contribution in [2.75, 3.05) is 19.6 Å². The van der Waals surface area contributed by atoms with Crippen LogP contribution >= 0.6 is 35.3 Å². The first kappa shape index (κ1) is 21.6. The molecule has 0 spiro atoms. The van der Waals surface area contributed by atoms with Gasteiger partial charge in [0.05, 0.1) is 16.4 Å². The molecule has 0 unspecified atom stereocenters. The lowest BCUT2D eigenvalue weighted by atomic mass is 10.3. The summed E-state index contributed by atoms with van der Waals surface area (Å²) in [5.74, 6) is 0.847. The Labute approximate surface area is 181 Å². The number of aliphatic imine (C=N–C) groups is 1. The van der Waals surface area contributed by atoms with Crippen LogP contribution in [0.3, 0.4) is 0 Å². The second-order valence-corrected chi connectivity index (χ2v) is 7.26. The van der Waals surface area contributed by atoms with Gasteiger partial charge in [0.1, 0.15) is 5.65 Å². The van der Waals surface area contributed by atoms with E-state index in [1.165, 1.54) is 5.56 Å². The monoisotopic (exact) mass is 498 g/mol. The molecule has 146 valence electrons. The smallest absolute Gasteiger partial charge is 0.191 e. The summed E-state index contributed by atoms with van der Waals surface area (Å²) in [6.45, 7) is 8.56.